The first-order valence-corrected chi connectivity index (χ1v) is 15.7. The van der Waals surface area contributed by atoms with Crippen molar-refractivity contribution in [3.63, 3.8) is 0 Å². The standard InChI is InChI=1S/C30H34O.C5H5.C3H6.Ti/c1-29(2,3)25-20-17-23(18-21-25)19-22-27(30(4,5)6)28(24-13-9-7-10-14-24)31-26-15-11-8-12-16-26;1-2-4-5-3-1;1-3-2;/h7-22H,1-6H3;1-3H,4H2;1-2H3;. The number of benzene rings is 3. The zero-order chi connectivity index (χ0) is 29.2. The Balaban J connectivity index is 0.000000415. The van der Waals surface area contributed by atoms with Crippen molar-refractivity contribution in [1.29, 1.82) is 0 Å². The van der Waals surface area contributed by atoms with Crippen LogP contribution in [0.25, 0.3) is 11.8 Å². The number of para-hydroxylation sites is 1. The van der Waals surface area contributed by atoms with Crippen molar-refractivity contribution in [2.45, 2.75) is 67.2 Å². The molecule has 0 fully saturated rings. The Morgan fingerprint density at radius 3 is 1.88 bits per heavy atom. The van der Waals surface area contributed by atoms with Gasteiger partial charge in [0.25, 0.3) is 0 Å². The molecular weight excluding hydrogens is 520 g/mol. The predicted octanol–water partition coefficient (Wildman–Crippen LogP) is 10.7. The number of hydrogen-bond donors (Lipinski definition) is 0. The fourth-order valence-electron chi connectivity index (χ4n) is 4.27. The molecule has 2 heteroatoms. The van der Waals surface area contributed by atoms with E-state index in [1.54, 1.807) is 7.69 Å². The fourth-order valence-corrected chi connectivity index (χ4v) is 5.89. The van der Waals surface area contributed by atoms with Crippen molar-refractivity contribution < 1.29 is 23.4 Å². The molecular formula is C38H45OTi. The van der Waals surface area contributed by atoms with E-state index in [1.165, 1.54) is 17.5 Å². The molecule has 0 spiro atoms. The third-order valence-corrected chi connectivity index (χ3v) is 8.31. The van der Waals surface area contributed by atoms with Crippen LogP contribution in [0.2, 0.25) is 0 Å². The van der Waals surface area contributed by atoms with Crippen LogP contribution >= 0.6 is 0 Å². The number of allylic oxidation sites excluding steroid dienone is 6. The van der Waals surface area contributed by atoms with Gasteiger partial charge in [0, 0.05) is 11.1 Å². The summed E-state index contributed by atoms with van der Waals surface area (Å²) in [6.45, 7) is 17.9. The second-order valence-electron chi connectivity index (χ2n) is 12.4. The van der Waals surface area contributed by atoms with Crippen LogP contribution in [0.4, 0.5) is 0 Å². The average Bonchev–Trinajstić information content (AvgIpc) is 3.41. The molecule has 0 saturated carbocycles. The van der Waals surface area contributed by atoms with Crippen LogP contribution in [-0.2, 0) is 24.1 Å². The topological polar surface area (TPSA) is 9.23 Å². The summed E-state index contributed by atoms with van der Waals surface area (Å²) in [5.41, 5.74) is 4.81. The van der Waals surface area contributed by atoms with Gasteiger partial charge in [-0.05, 0) is 34.1 Å². The van der Waals surface area contributed by atoms with Crippen LogP contribution < -0.4 is 4.74 Å². The van der Waals surface area contributed by atoms with Gasteiger partial charge >= 0.3 is 64.9 Å². The second kappa shape index (κ2) is 14.6. The third-order valence-electron chi connectivity index (χ3n) is 6.45. The van der Waals surface area contributed by atoms with Gasteiger partial charge < -0.3 is 4.74 Å². The normalized spacial score (nSPS) is 13.7. The van der Waals surface area contributed by atoms with Crippen LogP contribution in [-0.4, -0.2) is 3.81 Å². The molecule has 0 atom stereocenters. The van der Waals surface area contributed by atoms with Crippen LogP contribution in [0.3, 0.4) is 0 Å². The van der Waals surface area contributed by atoms with Gasteiger partial charge in [-0.25, -0.2) is 0 Å². The van der Waals surface area contributed by atoms with Crippen molar-refractivity contribution in [3.8, 4) is 5.75 Å². The molecule has 1 aliphatic carbocycles. The van der Waals surface area contributed by atoms with Crippen LogP contribution in [0, 0.1) is 5.41 Å². The van der Waals surface area contributed by atoms with Crippen molar-refractivity contribution in [3.05, 3.63) is 135 Å². The minimum absolute atomic E-state index is 0.0954. The van der Waals surface area contributed by atoms with E-state index < -0.39 is 0 Å². The van der Waals surface area contributed by atoms with E-state index in [-0.39, 0.29) is 29.5 Å². The SMILES string of the molecule is CC(C)(C)C(C=Cc1ccc(C(C)(C)C)cc1)=C(Oc1ccccc1)c1ccccc1.C[C](C)=[Ti][C]1=CC=CC1. The van der Waals surface area contributed by atoms with Gasteiger partial charge in [-0.3, -0.25) is 0 Å². The molecule has 0 bridgehead atoms. The molecule has 0 heterocycles. The predicted molar refractivity (Wildman–Crippen MR) is 172 cm³/mol. The summed E-state index contributed by atoms with van der Waals surface area (Å²) < 4.78 is 9.78. The number of rotatable bonds is 6. The molecule has 0 amide bonds. The Bertz CT molecular complexity index is 1370. The number of ether oxygens (including phenoxy) is 1. The fraction of sp³-hybridized carbons (Fsp3) is 0.289. The summed E-state index contributed by atoms with van der Waals surface area (Å²) in [6, 6.07) is 29.2. The summed E-state index contributed by atoms with van der Waals surface area (Å²) in [5, 5.41) is 0. The van der Waals surface area contributed by atoms with E-state index >= 15 is 0 Å². The average molecular weight is 566 g/mol. The van der Waals surface area contributed by atoms with Crippen molar-refractivity contribution in [2.75, 3.05) is 0 Å². The van der Waals surface area contributed by atoms with E-state index in [4.69, 9.17) is 4.74 Å². The first-order chi connectivity index (χ1) is 18.9. The van der Waals surface area contributed by atoms with E-state index in [0.29, 0.717) is 0 Å². The Hall–Kier alpha value is -3.00. The van der Waals surface area contributed by atoms with Gasteiger partial charge in [0.1, 0.15) is 11.5 Å². The molecule has 3 aromatic carbocycles. The Labute approximate surface area is 251 Å². The van der Waals surface area contributed by atoms with Crippen LogP contribution in [0.15, 0.2) is 119 Å². The van der Waals surface area contributed by atoms with Gasteiger partial charge in [-0.15, -0.1) is 0 Å². The second-order valence-corrected chi connectivity index (χ2v) is 15.4. The summed E-state index contributed by atoms with van der Waals surface area (Å²) in [4.78, 5) is 0. The third kappa shape index (κ3) is 10.2. The van der Waals surface area contributed by atoms with Crippen LogP contribution in [0.5, 0.6) is 5.75 Å². The zero-order valence-corrected chi connectivity index (χ0v) is 27.1. The Kier molecular flexibility index (Phi) is 11.5. The monoisotopic (exact) mass is 565 g/mol. The summed E-state index contributed by atoms with van der Waals surface area (Å²) in [5.74, 6) is 1.73. The molecule has 0 radical (unpaired) electrons. The first-order valence-electron chi connectivity index (χ1n) is 14.2. The van der Waals surface area contributed by atoms with E-state index in [1.807, 2.05) is 36.4 Å². The molecule has 3 aromatic rings. The molecule has 0 N–H and O–H groups in total. The summed E-state index contributed by atoms with van der Waals surface area (Å²) in [7, 11) is 0. The molecule has 207 valence electrons. The summed E-state index contributed by atoms with van der Waals surface area (Å²) in [6.07, 6.45) is 12.3. The molecule has 0 aromatic heterocycles. The van der Waals surface area contributed by atoms with Gasteiger partial charge in [0.2, 0.25) is 0 Å². The molecule has 0 unspecified atom stereocenters. The van der Waals surface area contributed by atoms with Gasteiger partial charge in [0.15, 0.2) is 0 Å². The van der Waals surface area contributed by atoms with E-state index in [0.717, 1.165) is 22.6 Å². The van der Waals surface area contributed by atoms with Gasteiger partial charge in [0.05, 0.1) is 0 Å². The maximum atomic E-state index is 6.47. The van der Waals surface area contributed by atoms with Crippen LogP contribution in [0.1, 0.15) is 78.5 Å². The Morgan fingerprint density at radius 2 is 1.38 bits per heavy atom. The van der Waals surface area contributed by atoms with Crippen molar-refractivity contribution in [2.24, 2.45) is 5.41 Å². The maximum absolute atomic E-state index is 6.47. The Morgan fingerprint density at radius 1 is 0.775 bits per heavy atom. The molecule has 40 heavy (non-hydrogen) atoms. The first kappa shape index (κ1) is 31.5. The van der Waals surface area contributed by atoms with Gasteiger partial charge in [-0.1, -0.05) is 126 Å². The van der Waals surface area contributed by atoms with Crippen molar-refractivity contribution in [1.82, 2.24) is 0 Å². The van der Waals surface area contributed by atoms with E-state index in [2.05, 4.69) is 134 Å². The molecule has 1 nitrogen and oxygen atoms in total. The molecule has 0 aliphatic heterocycles. The van der Waals surface area contributed by atoms with Gasteiger partial charge in [-0.2, -0.15) is 0 Å². The summed E-state index contributed by atoms with van der Waals surface area (Å²) >= 11 is 0.153. The minimum atomic E-state index is -0.0954. The number of hydrogen-bond acceptors (Lipinski definition) is 1. The quantitative estimate of drug-likeness (QED) is 0.164. The molecule has 4 rings (SSSR count). The molecule has 0 saturated heterocycles. The van der Waals surface area contributed by atoms with Crippen molar-refractivity contribution >= 4 is 15.6 Å². The van der Waals surface area contributed by atoms with E-state index in [9.17, 15) is 0 Å². The molecule has 1 aliphatic rings. The zero-order valence-electron chi connectivity index (χ0n) is 25.6.